The Hall–Kier alpha value is -2.38. The van der Waals surface area contributed by atoms with Crippen molar-refractivity contribution in [3.05, 3.63) is 40.4 Å². The largest absolute Gasteiger partial charge is 0.387 e. The molecule has 0 saturated carbocycles. The minimum absolute atomic E-state index is 0.0172. The van der Waals surface area contributed by atoms with Crippen molar-refractivity contribution in [1.29, 1.82) is 0 Å². The third-order valence-electron chi connectivity index (χ3n) is 4.92. The standard InChI is InChI=1S/C18H18ClFN4O2/c1-9-6-24(14(26)8-25)7-11-15-10(13-3-4-23(2)22-13)5-12(19)16(20)18(15)21-17(9)11/h3-5,9,21,25H,6-8H2,1-2H3/t9-/m0/s1. The SMILES string of the molecule is C[C@H]1CN(C(=O)CO)Cc2c1[nH]c1c(F)c(Cl)cc(-c3ccn(C)n3)c21. The van der Waals surface area contributed by atoms with Gasteiger partial charge in [0.05, 0.1) is 16.2 Å². The Bertz CT molecular complexity index is 1030. The van der Waals surface area contributed by atoms with E-state index in [2.05, 4.69) is 10.1 Å². The molecule has 1 amide bonds. The average Bonchev–Trinajstić information content (AvgIpc) is 3.22. The van der Waals surface area contributed by atoms with E-state index in [1.807, 2.05) is 26.2 Å². The van der Waals surface area contributed by atoms with Gasteiger partial charge < -0.3 is 15.0 Å². The van der Waals surface area contributed by atoms with Crippen molar-refractivity contribution in [3.8, 4) is 11.3 Å². The summed E-state index contributed by atoms with van der Waals surface area (Å²) in [5.41, 5.74) is 3.46. The van der Waals surface area contributed by atoms with E-state index in [0.29, 0.717) is 29.7 Å². The number of aromatic amines is 1. The lowest BCUT2D eigenvalue weighted by Gasteiger charge is -2.31. The van der Waals surface area contributed by atoms with Crippen LogP contribution in [0.15, 0.2) is 18.3 Å². The maximum absolute atomic E-state index is 14.7. The van der Waals surface area contributed by atoms with Crippen LogP contribution in [0.4, 0.5) is 4.39 Å². The normalized spacial score (nSPS) is 17.0. The molecule has 0 spiro atoms. The maximum Gasteiger partial charge on any atom is 0.248 e. The minimum atomic E-state index is -0.544. The number of amides is 1. The number of benzene rings is 1. The Morgan fingerprint density at radius 3 is 2.96 bits per heavy atom. The predicted molar refractivity (Wildman–Crippen MR) is 96.4 cm³/mol. The van der Waals surface area contributed by atoms with Gasteiger partial charge in [-0.05, 0) is 12.1 Å². The first kappa shape index (κ1) is 17.1. The van der Waals surface area contributed by atoms with Crippen molar-refractivity contribution >= 4 is 28.4 Å². The number of hydrogen-bond acceptors (Lipinski definition) is 3. The molecule has 1 aromatic carbocycles. The number of fused-ring (bicyclic) bond motifs is 3. The van der Waals surface area contributed by atoms with Gasteiger partial charge >= 0.3 is 0 Å². The van der Waals surface area contributed by atoms with Crippen LogP contribution in [-0.2, 0) is 18.4 Å². The molecule has 1 aliphatic heterocycles. The quantitative estimate of drug-likeness (QED) is 0.722. The molecule has 0 unspecified atom stereocenters. The Kier molecular flexibility index (Phi) is 4.00. The van der Waals surface area contributed by atoms with Crippen LogP contribution < -0.4 is 0 Å². The van der Waals surface area contributed by atoms with Crippen molar-refractivity contribution in [2.45, 2.75) is 19.4 Å². The number of hydrogen-bond donors (Lipinski definition) is 2. The highest BCUT2D eigenvalue weighted by Gasteiger charge is 2.31. The second kappa shape index (κ2) is 6.10. The molecule has 1 atom stereocenters. The van der Waals surface area contributed by atoms with Gasteiger partial charge in [-0.15, -0.1) is 0 Å². The summed E-state index contributed by atoms with van der Waals surface area (Å²) in [6.07, 6.45) is 1.81. The van der Waals surface area contributed by atoms with Crippen molar-refractivity contribution in [2.24, 2.45) is 7.05 Å². The first-order chi connectivity index (χ1) is 12.4. The van der Waals surface area contributed by atoms with Gasteiger partial charge in [-0.25, -0.2) is 4.39 Å². The number of nitrogens with one attached hydrogen (secondary N) is 1. The molecular weight excluding hydrogens is 359 g/mol. The summed E-state index contributed by atoms with van der Waals surface area (Å²) in [5, 5.41) is 14.3. The molecule has 8 heteroatoms. The van der Waals surface area contributed by atoms with Gasteiger partial charge in [0.2, 0.25) is 5.91 Å². The number of carbonyl (C=O) groups is 1. The number of carbonyl (C=O) groups excluding carboxylic acids is 1. The number of aliphatic hydroxyl groups excluding tert-OH is 1. The van der Waals surface area contributed by atoms with E-state index >= 15 is 0 Å². The number of aromatic nitrogens is 3. The summed E-state index contributed by atoms with van der Waals surface area (Å²) in [7, 11) is 1.81. The highest BCUT2D eigenvalue weighted by molar-refractivity contribution is 6.32. The Labute approximate surface area is 154 Å². The predicted octanol–water partition coefficient (Wildman–Crippen LogP) is 2.80. The van der Waals surface area contributed by atoms with Crippen LogP contribution in [0.25, 0.3) is 22.2 Å². The number of rotatable bonds is 2. The number of halogens is 2. The van der Waals surface area contributed by atoms with Crippen LogP contribution in [0, 0.1) is 5.82 Å². The van der Waals surface area contributed by atoms with Crippen molar-refractivity contribution in [3.63, 3.8) is 0 Å². The van der Waals surface area contributed by atoms with Crippen LogP contribution in [0.5, 0.6) is 0 Å². The zero-order chi connectivity index (χ0) is 18.6. The monoisotopic (exact) mass is 376 g/mol. The van der Waals surface area contributed by atoms with Crippen LogP contribution in [0.3, 0.4) is 0 Å². The fraction of sp³-hybridized carbons (Fsp3) is 0.333. The Balaban J connectivity index is 2.00. The van der Waals surface area contributed by atoms with Crippen LogP contribution in [0.1, 0.15) is 24.1 Å². The van der Waals surface area contributed by atoms with Gasteiger partial charge in [0.1, 0.15) is 6.61 Å². The molecular formula is C18H18ClFN4O2. The molecule has 0 aliphatic carbocycles. The topological polar surface area (TPSA) is 74.2 Å². The summed E-state index contributed by atoms with van der Waals surface area (Å²) in [5.74, 6) is -0.870. The molecule has 0 radical (unpaired) electrons. The fourth-order valence-corrected chi connectivity index (χ4v) is 3.92. The fourth-order valence-electron chi connectivity index (χ4n) is 3.71. The van der Waals surface area contributed by atoms with Gasteiger partial charge in [0.15, 0.2) is 5.82 Å². The van der Waals surface area contributed by atoms with Gasteiger partial charge in [-0.2, -0.15) is 5.10 Å². The van der Waals surface area contributed by atoms with Crippen LogP contribution >= 0.6 is 11.6 Å². The molecule has 3 heterocycles. The van der Waals surface area contributed by atoms with Crippen molar-refractivity contribution in [1.82, 2.24) is 19.7 Å². The first-order valence-electron chi connectivity index (χ1n) is 8.31. The highest BCUT2D eigenvalue weighted by atomic mass is 35.5. The lowest BCUT2D eigenvalue weighted by molar-refractivity contribution is -0.135. The molecule has 0 bridgehead atoms. The summed E-state index contributed by atoms with van der Waals surface area (Å²) < 4.78 is 16.4. The second-order valence-corrected chi connectivity index (χ2v) is 7.10. The van der Waals surface area contributed by atoms with Crippen LogP contribution in [0.2, 0.25) is 5.02 Å². The number of aryl methyl sites for hydroxylation is 1. The molecule has 0 fully saturated rings. The zero-order valence-corrected chi connectivity index (χ0v) is 15.1. The molecule has 1 aliphatic rings. The third kappa shape index (κ3) is 2.50. The second-order valence-electron chi connectivity index (χ2n) is 6.70. The summed E-state index contributed by atoms with van der Waals surface area (Å²) >= 11 is 6.12. The van der Waals surface area contributed by atoms with E-state index in [4.69, 9.17) is 11.6 Å². The van der Waals surface area contributed by atoms with Gasteiger partial charge in [-0.1, -0.05) is 18.5 Å². The van der Waals surface area contributed by atoms with E-state index < -0.39 is 12.4 Å². The minimum Gasteiger partial charge on any atom is -0.387 e. The molecule has 6 nitrogen and oxygen atoms in total. The lowest BCUT2D eigenvalue weighted by atomic mass is 9.94. The maximum atomic E-state index is 14.7. The van der Waals surface area contributed by atoms with E-state index in [1.165, 1.54) is 0 Å². The van der Waals surface area contributed by atoms with Crippen molar-refractivity contribution in [2.75, 3.05) is 13.2 Å². The average molecular weight is 377 g/mol. The molecule has 0 saturated heterocycles. The molecule has 26 heavy (non-hydrogen) atoms. The first-order valence-corrected chi connectivity index (χ1v) is 8.69. The zero-order valence-electron chi connectivity index (χ0n) is 14.4. The van der Waals surface area contributed by atoms with Crippen LogP contribution in [-0.4, -0.2) is 43.8 Å². The molecule has 4 rings (SSSR count). The number of aliphatic hydroxyl groups is 1. The highest BCUT2D eigenvalue weighted by Crippen LogP contribution is 2.41. The van der Waals surface area contributed by atoms with Crippen molar-refractivity contribution < 1.29 is 14.3 Å². The van der Waals surface area contributed by atoms with Gasteiger partial charge in [0.25, 0.3) is 0 Å². The Morgan fingerprint density at radius 1 is 1.54 bits per heavy atom. The van der Waals surface area contributed by atoms with E-state index in [0.717, 1.165) is 16.8 Å². The molecule has 136 valence electrons. The number of nitrogens with zero attached hydrogens (tertiary/aromatic N) is 3. The molecule has 2 aromatic heterocycles. The van der Waals surface area contributed by atoms with E-state index in [-0.39, 0.29) is 16.8 Å². The number of H-pyrrole nitrogens is 1. The van der Waals surface area contributed by atoms with E-state index in [1.54, 1.807) is 15.6 Å². The Morgan fingerprint density at radius 2 is 2.31 bits per heavy atom. The summed E-state index contributed by atoms with van der Waals surface area (Å²) in [4.78, 5) is 16.8. The summed E-state index contributed by atoms with van der Waals surface area (Å²) in [6, 6.07) is 3.42. The summed E-state index contributed by atoms with van der Waals surface area (Å²) in [6.45, 7) is 2.19. The molecule has 2 N–H and O–H groups in total. The van der Waals surface area contributed by atoms with E-state index in [9.17, 15) is 14.3 Å². The van der Waals surface area contributed by atoms with Gasteiger partial charge in [0, 0.05) is 54.5 Å². The third-order valence-corrected chi connectivity index (χ3v) is 5.19. The smallest absolute Gasteiger partial charge is 0.248 e. The molecule has 3 aromatic rings. The lowest BCUT2D eigenvalue weighted by Crippen LogP contribution is -2.38. The van der Waals surface area contributed by atoms with Gasteiger partial charge in [-0.3, -0.25) is 9.48 Å².